The Bertz CT molecular complexity index is 673. The third-order valence-electron chi connectivity index (χ3n) is 11.6. The standard InChI is InChI=1S/C28H48O3/c1-18(2)21(25(29)30)11-9-19(3)28(31)17-14-24-22-12-10-20-8-6-7-15-26(20,4)23(22)13-16-27(24,28)5/h18-24,31H,6-17H2,1-5H3,(H,29,30)/t19-,20?,21?,22-,23+,24+,26+,27+,28+/m1/s1. The van der Waals surface area contributed by atoms with Gasteiger partial charge in [-0.25, -0.2) is 0 Å². The van der Waals surface area contributed by atoms with E-state index in [-0.39, 0.29) is 23.2 Å². The Kier molecular flexibility index (Phi) is 6.34. The van der Waals surface area contributed by atoms with Crippen molar-refractivity contribution in [2.75, 3.05) is 0 Å². The summed E-state index contributed by atoms with van der Waals surface area (Å²) in [5.41, 5.74) is -0.0875. The monoisotopic (exact) mass is 432 g/mol. The lowest BCUT2D eigenvalue weighted by Gasteiger charge is -2.61. The molecule has 0 bridgehead atoms. The number of carboxylic acid groups (broad SMARTS) is 1. The summed E-state index contributed by atoms with van der Waals surface area (Å²) in [6.45, 7) is 11.3. The molecule has 0 aromatic rings. The number of carbonyl (C=O) groups is 1. The minimum Gasteiger partial charge on any atom is -0.481 e. The van der Waals surface area contributed by atoms with Gasteiger partial charge in [0.25, 0.3) is 0 Å². The molecule has 3 nitrogen and oxygen atoms in total. The third-order valence-corrected chi connectivity index (χ3v) is 11.6. The number of rotatable bonds is 6. The van der Waals surface area contributed by atoms with E-state index in [1.165, 1.54) is 51.4 Å². The zero-order valence-electron chi connectivity index (χ0n) is 20.8. The number of aliphatic carboxylic acids is 1. The van der Waals surface area contributed by atoms with Crippen molar-refractivity contribution < 1.29 is 15.0 Å². The Morgan fingerprint density at radius 3 is 2.29 bits per heavy atom. The Hall–Kier alpha value is -0.570. The molecule has 0 saturated heterocycles. The predicted molar refractivity (Wildman–Crippen MR) is 126 cm³/mol. The van der Waals surface area contributed by atoms with E-state index in [1.54, 1.807) is 0 Å². The molecular weight excluding hydrogens is 384 g/mol. The van der Waals surface area contributed by atoms with Crippen LogP contribution in [0.5, 0.6) is 0 Å². The first-order valence-corrected chi connectivity index (χ1v) is 13.5. The number of carboxylic acids is 1. The lowest BCUT2D eigenvalue weighted by molar-refractivity contribution is -0.169. The molecule has 3 heteroatoms. The van der Waals surface area contributed by atoms with E-state index in [0.717, 1.165) is 37.0 Å². The second-order valence-corrected chi connectivity index (χ2v) is 13.0. The molecular formula is C28H48O3. The molecule has 4 fully saturated rings. The van der Waals surface area contributed by atoms with Crippen LogP contribution in [0, 0.1) is 52.3 Å². The van der Waals surface area contributed by atoms with Crippen molar-refractivity contribution in [3.05, 3.63) is 0 Å². The van der Waals surface area contributed by atoms with Crippen LogP contribution in [0.1, 0.15) is 112 Å². The Labute approximate surface area is 190 Å². The topological polar surface area (TPSA) is 57.5 Å². The third kappa shape index (κ3) is 3.60. The number of aliphatic hydroxyl groups is 1. The molecule has 0 aromatic carbocycles. The normalized spacial score (nSPS) is 46.7. The quantitative estimate of drug-likeness (QED) is 0.479. The van der Waals surface area contributed by atoms with Crippen LogP contribution in [-0.2, 0) is 4.79 Å². The summed E-state index contributed by atoms with van der Waals surface area (Å²) in [6, 6.07) is 0. The molecule has 0 aliphatic heterocycles. The van der Waals surface area contributed by atoms with E-state index in [2.05, 4.69) is 20.8 Å². The molecule has 2 unspecified atom stereocenters. The van der Waals surface area contributed by atoms with Crippen molar-refractivity contribution in [2.45, 2.75) is 117 Å². The van der Waals surface area contributed by atoms with Crippen LogP contribution in [-0.4, -0.2) is 21.8 Å². The molecule has 4 aliphatic rings. The van der Waals surface area contributed by atoms with Crippen LogP contribution < -0.4 is 0 Å². The number of fused-ring (bicyclic) bond motifs is 5. The highest BCUT2D eigenvalue weighted by atomic mass is 16.4. The van der Waals surface area contributed by atoms with Crippen LogP contribution >= 0.6 is 0 Å². The SMILES string of the molecule is CC(C)C(CC[C@@H](C)[C@@]1(O)CC[C@H]2[C@@H]3CCC4CCCC[C@]4(C)[C@H]3CC[C@@]21C)C(=O)O. The van der Waals surface area contributed by atoms with E-state index in [4.69, 9.17) is 0 Å². The van der Waals surface area contributed by atoms with Crippen molar-refractivity contribution in [2.24, 2.45) is 52.3 Å². The second-order valence-electron chi connectivity index (χ2n) is 13.0. The molecule has 9 atom stereocenters. The summed E-state index contributed by atoms with van der Waals surface area (Å²) >= 11 is 0. The minimum absolute atomic E-state index is 0.00198. The fourth-order valence-corrected chi connectivity index (χ4v) is 9.57. The molecule has 31 heavy (non-hydrogen) atoms. The Morgan fingerprint density at radius 1 is 0.903 bits per heavy atom. The summed E-state index contributed by atoms with van der Waals surface area (Å²) in [5.74, 6) is 2.58. The molecule has 0 heterocycles. The van der Waals surface area contributed by atoms with E-state index in [0.29, 0.717) is 17.8 Å². The lowest BCUT2D eigenvalue weighted by Crippen LogP contribution is -2.57. The van der Waals surface area contributed by atoms with E-state index in [1.807, 2.05) is 13.8 Å². The van der Waals surface area contributed by atoms with Gasteiger partial charge in [-0.15, -0.1) is 0 Å². The van der Waals surface area contributed by atoms with Crippen molar-refractivity contribution in [1.29, 1.82) is 0 Å². The maximum absolute atomic E-state index is 12.1. The number of hydrogen-bond donors (Lipinski definition) is 2. The molecule has 2 N–H and O–H groups in total. The molecule has 4 aliphatic carbocycles. The van der Waals surface area contributed by atoms with Gasteiger partial charge in [-0.1, -0.05) is 47.5 Å². The lowest BCUT2D eigenvalue weighted by atomic mass is 9.44. The molecule has 0 aromatic heterocycles. The number of hydrogen-bond acceptors (Lipinski definition) is 2. The van der Waals surface area contributed by atoms with Gasteiger partial charge < -0.3 is 10.2 Å². The highest BCUT2D eigenvalue weighted by molar-refractivity contribution is 5.70. The summed E-state index contributed by atoms with van der Waals surface area (Å²) in [5, 5.41) is 21.8. The molecule has 4 rings (SSSR count). The van der Waals surface area contributed by atoms with E-state index >= 15 is 0 Å². The molecule has 178 valence electrons. The van der Waals surface area contributed by atoms with Crippen LogP contribution in [0.2, 0.25) is 0 Å². The van der Waals surface area contributed by atoms with Gasteiger partial charge in [0.1, 0.15) is 0 Å². The largest absolute Gasteiger partial charge is 0.481 e. The average Bonchev–Trinajstić information content (AvgIpc) is 2.99. The summed E-state index contributed by atoms with van der Waals surface area (Å²) in [7, 11) is 0. The molecule has 0 radical (unpaired) electrons. The summed E-state index contributed by atoms with van der Waals surface area (Å²) in [6.07, 6.45) is 14.6. The van der Waals surface area contributed by atoms with Gasteiger partial charge in [0.15, 0.2) is 0 Å². The minimum atomic E-state index is -0.678. The van der Waals surface area contributed by atoms with Crippen LogP contribution in [0.3, 0.4) is 0 Å². The maximum Gasteiger partial charge on any atom is 0.306 e. The first-order valence-electron chi connectivity index (χ1n) is 13.5. The highest BCUT2D eigenvalue weighted by Crippen LogP contribution is 2.69. The summed E-state index contributed by atoms with van der Waals surface area (Å²) < 4.78 is 0. The van der Waals surface area contributed by atoms with Gasteiger partial charge in [0, 0.05) is 0 Å². The van der Waals surface area contributed by atoms with Crippen molar-refractivity contribution in [1.82, 2.24) is 0 Å². The zero-order valence-corrected chi connectivity index (χ0v) is 20.8. The fraction of sp³-hybridized carbons (Fsp3) is 0.964. The van der Waals surface area contributed by atoms with E-state index < -0.39 is 11.6 Å². The van der Waals surface area contributed by atoms with E-state index in [9.17, 15) is 15.0 Å². The molecule has 0 amide bonds. The van der Waals surface area contributed by atoms with Crippen molar-refractivity contribution >= 4 is 5.97 Å². The van der Waals surface area contributed by atoms with Crippen molar-refractivity contribution in [3.63, 3.8) is 0 Å². The molecule has 4 saturated carbocycles. The van der Waals surface area contributed by atoms with Crippen molar-refractivity contribution in [3.8, 4) is 0 Å². The van der Waals surface area contributed by atoms with Gasteiger partial charge in [-0.05, 0) is 111 Å². The van der Waals surface area contributed by atoms with Crippen LogP contribution in [0.25, 0.3) is 0 Å². The summed E-state index contributed by atoms with van der Waals surface area (Å²) in [4.78, 5) is 11.7. The van der Waals surface area contributed by atoms with Gasteiger partial charge >= 0.3 is 5.97 Å². The first-order chi connectivity index (χ1) is 14.5. The zero-order chi connectivity index (χ0) is 22.6. The van der Waals surface area contributed by atoms with Gasteiger partial charge in [-0.3, -0.25) is 4.79 Å². The van der Waals surface area contributed by atoms with Gasteiger partial charge in [0.2, 0.25) is 0 Å². The van der Waals surface area contributed by atoms with Crippen LogP contribution in [0.15, 0.2) is 0 Å². The smallest absolute Gasteiger partial charge is 0.306 e. The van der Waals surface area contributed by atoms with Crippen LogP contribution in [0.4, 0.5) is 0 Å². The maximum atomic E-state index is 12.1. The second kappa shape index (κ2) is 8.33. The molecule has 0 spiro atoms. The first kappa shape index (κ1) is 23.6. The van der Waals surface area contributed by atoms with Gasteiger partial charge in [0.05, 0.1) is 11.5 Å². The van der Waals surface area contributed by atoms with Gasteiger partial charge in [-0.2, -0.15) is 0 Å². The Morgan fingerprint density at radius 2 is 1.61 bits per heavy atom. The fourth-order valence-electron chi connectivity index (χ4n) is 9.57. The predicted octanol–water partition coefficient (Wildman–Crippen LogP) is 6.92. The average molecular weight is 433 g/mol. The Balaban J connectivity index is 1.50. The highest BCUT2D eigenvalue weighted by Gasteiger charge is 2.65.